The number of carbonyl (C=O) groups is 2. The van der Waals surface area contributed by atoms with Gasteiger partial charge in [0, 0.05) is 36.1 Å². The number of hydrogen-bond acceptors (Lipinski definition) is 10. The number of halogens is 1. The van der Waals surface area contributed by atoms with E-state index in [9.17, 15) is 19.8 Å². The first-order valence-electron chi connectivity index (χ1n) is 16.7. The molecule has 4 fully saturated rings. The lowest BCUT2D eigenvalue weighted by molar-refractivity contribution is -0.185. The summed E-state index contributed by atoms with van der Waals surface area (Å²) in [4.78, 5) is 29.8. The summed E-state index contributed by atoms with van der Waals surface area (Å²) in [6.45, 7) is 1.74. The monoisotopic (exact) mass is 666 g/mol. The quantitative estimate of drug-likeness (QED) is 0.495. The molecule has 8 atom stereocenters. The van der Waals surface area contributed by atoms with Gasteiger partial charge < -0.3 is 39.0 Å². The van der Waals surface area contributed by atoms with Crippen LogP contribution in [-0.4, -0.2) is 108 Å². The second-order valence-electron chi connectivity index (χ2n) is 14.9. The molecular weight excluding hydrogens is 624 g/mol. The van der Waals surface area contributed by atoms with Gasteiger partial charge in [-0.1, -0.05) is 12.1 Å². The molecule has 0 amide bonds. The van der Waals surface area contributed by atoms with Crippen LogP contribution in [0.4, 0.5) is 0 Å². The Morgan fingerprint density at radius 1 is 0.702 bits per heavy atom. The van der Waals surface area contributed by atoms with Crippen molar-refractivity contribution in [3.8, 4) is 23.0 Å². The fourth-order valence-electron chi connectivity index (χ4n) is 11.4. The van der Waals surface area contributed by atoms with Crippen LogP contribution in [0.3, 0.4) is 0 Å². The average molecular weight is 667 g/mol. The highest BCUT2D eigenvalue weighted by Crippen LogP contribution is 2.66. The van der Waals surface area contributed by atoms with E-state index in [0.717, 1.165) is 49.9 Å². The summed E-state index contributed by atoms with van der Waals surface area (Å²) in [7, 11) is 7.39. The molecule has 11 heteroatoms. The molecule has 0 aromatic heterocycles. The van der Waals surface area contributed by atoms with Gasteiger partial charge in [0.05, 0.1) is 36.3 Å². The van der Waals surface area contributed by atoms with Gasteiger partial charge in [0.15, 0.2) is 46.8 Å². The minimum Gasteiger partial charge on any atom is -0.493 e. The van der Waals surface area contributed by atoms with Gasteiger partial charge in [0.2, 0.25) is 0 Å². The fourth-order valence-corrected chi connectivity index (χ4v) is 11.4. The summed E-state index contributed by atoms with van der Waals surface area (Å²) in [6, 6.07) is 8.09. The predicted octanol–water partition coefficient (Wildman–Crippen LogP) is 2.52. The lowest BCUT2D eigenvalue weighted by Crippen LogP contribution is -2.76. The maximum Gasteiger partial charge on any atom is 0.174 e. The van der Waals surface area contributed by atoms with Crippen molar-refractivity contribution in [2.75, 3.05) is 41.4 Å². The van der Waals surface area contributed by atoms with Crippen molar-refractivity contribution in [1.29, 1.82) is 0 Å². The molecule has 8 aliphatic rings. The van der Waals surface area contributed by atoms with Crippen LogP contribution in [0.25, 0.3) is 0 Å². The number of hydrogen-bond donors (Lipinski definition) is 2. The third kappa shape index (κ3) is 3.46. The number of ketones is 2. The second kappa shape index (κ2) is 10.1. The van der Waals surface area contributed by atoms with E-state index in [-0.39, 0.29) is 36.1 Å². The summed E-state index contributed by atoms with van der Waals surface area (Å²) < 4.78 is 23.3. The number of piperidine rings is 2. The highest BCUT2D eigenvalue weighted by Gasteiger charge is 2.74. The Morgan fingerprint density at radius 3 is 1.49 bits per heavy atom. The van der Waals surface area contributed by atoms with Gasteiger partial charge in [-0.2, -0.15) is 0 Å². The standard InChI is InChI=1S/2C18H21NO4.ClH/c2*1-19-8-7-17-14-10-3-4-12(22-2)15(14)23-16(17)11(20)5-6-18(17,21)13(19)9-10;/h2*3-4,13,16,21H,5-9H2,1-2H3;1H/t2*13-,16+,17+,18-;/m11./s1. The topological polar surface area (TPSA) is 118 Å². The minimum atomic E-state index is -0.900. The molecule has 47 heavy (non-hydrogen) atoms. The summed E-state index contributed by atoms with van der Waals surface area (Å²) >= 11 is 0. The van der Waals surface area contributed by atoms with Gasteiger partial charge in [-0.25, -0.2) is 0 Å². The van der Waals surface area contributed by atoms with Crippen molar-refractivity contribution in [3.63, 3.8) is 0 Å². The van der Waals surface area contributed by atoms with E-state index in [1.54, 1.807) is 14.2 Å². The van der Waals surface area contributed by atoms with E-state index in [2.05, 4.69) is 36.0 Å². The summed E-state index contributed by atoms with van der Waals surface area (Å²) in [5.74, 6) is 2.94. The maximum absolute atomic E-state index is 12.7. The normalized spacial score (nSPS) is 39.7. The number of ether oxygens (including phenoxy) is 4. The number of likely N-dealkylation sites (tertiary alicyclic amines) is 2. The van der Waals surface area contributed by atoms with E-state index >= 15 is 0 Å². The van der Waals surface area contributed by atoms with Crippen LogP contribution >= 0.6 is 12.4 Å². The van der Waals surface area contributed by atoms with Crippen LogP contribution in [0.5, 0.6) is 23.0 Å². The Labute approximate surface area is 280 Å². The van der Waals surface area contributed by atoms with Crippen LogP contribution in [0.2, 0.25) is 0 Å². The van der Waals surface area contributed by atoms with E-state index in [4.69, 9.17) is 18.9 Å². The molecule has 2 aromatic rings. The van der Waals surface area contributed by atoms with Crippen molar-refractivity contribution in [1.82, 2.24) is 9.80 Å². The molecule has 4 aliphatic carbocycles. The van der Waals surface area contributed by atoms with Crippen molar-refractivity contribution in [2.45, 2.75) is 97.7 Å². The average Bonchev–Trinajstić information content (AvgIpc) is 3.59. The third-order valence-corrected chi connectivity index (χ3v) is 13.5. The molecule has 252 valence electrons. The summed E-state index contributed by atoms with van der Waals surface area (Å²) in [5, 5.41) is 23.5. The van der Waals surface area contributed by atoms with Crippen molar-refractivity contribution in [3.05, 3.63) is 46.5 Å². The van der Waals surface area contributed by atoms with E-state index in [1.807, 2.05) is 12.1 Å². The number of likely N-dealkylation sites (N-methyl/N-ethyl adjacent to an activating group) is 2. The highest BCUT2D eigenvalue weighted by atomic mass is 35.5. The third-order valence-electron chi connectivity index (χ3n) is 13.5. The second-order valence-corrected chi connectivity index (χ2v) is 14.9. The van der Waals surface area contributed by atoms with Crippen LogP contribution in [0.1, 0.15) is 60.8 Å². The zero-order valence-electron chi connectivity index (χ0n) is 27.3. The number of Topliss-reactive ketones (excluding diaryl/α,β-unsaturated/α-hetero) is 2. The number of methoxy groups -OCH3 is 2. The molecule has 10 nitrogen and oxygen atoms in total. The number of carbonyl (C=O) groups excluding carboxylic acids is 2. The van der Waals surface area contributed by atoms with Gasteiger partial charge >= 0.3 is 0 Å². The van der Waals surface area contributed by atoms with E-state index in [1.165, 1.54) is 11.1 Å². The van der Waals surface area contributed by atoms with Crippen molar-refractivity contribution >= 4 is 24.0 Å². The van der Waals surface area contributed by atoms with Crippen LogP contribution in [0.15, 0.2) is 24.3 Å². The molecule has 4 bridgehead atoms. The lowest BCUT2D eigenvalue weighted by Gasteiger charge is -2.62. The molecule has 4 aliphatic heterocycles. The smallest absolute Gasteiger partial charge is 0.174 e. The maximum atomic E-state index is 12.7. The molecule has 2 saturated carbocycles. The van der Waals surface area contributed by atoms with E-state index < -0.39 is 34.2 Å². The summed E-state index contributed by atoms with van der Waals surface area (Å²) in [6.07, 6.45) is 3.79. The zero-order valence-corrected chi connectivity index (χ0v) is 28.2. The molecule has 2 spiro atoms. The summed E-state index contributed by atoms with van der Waals surface area (Å²) in [5.41, 5.74) is 1.47. The SMILES string of the molecule is COc1ccc2c3c1O[C@H]1C(=O)CC[C@@]4(O)[C@@H](C2)N(C)CC[C@]314.COc1ccc2c3c1O[C@H]1C(=O)CC[C@@]4(O)[C@@H](C2)N(C)CC[C@]314.Cl. The van der Waals surface area contributed by atoms with Gasteiger partial charge in [-0.05, 0) is 89.0 Å². The van der Waals surface area contributed by atoms with Crippen LogP contribution < -0.4 is 18.9 Å². The lowest BCUT2D eigenvalue weighted by atomic mass is 9.49. The first kappa shape index (κ1) is 31.4. The first-order chi connectivity index (χ1) is 22.1. The number of rotatable bonds is 2. The Hall–Kier alpha value is -2.89. The molecule has 2 N–H and O–H groups in total. The predicted molar refractivity (Wildman–Crippen MR) is 173 cm³/mol. The van der Waals surface area contributed by atoms with Gasteiger partial charge in [-0.3, -0.25) is 9.59 Å². The Balaban J connectivity index is 0.000000135. The Bertz CT molecular complexity index is 1590. The molecule has 2 aromatic carbocycles. The van der Waals surface area contributed by atoms with Gasteiger partial charge in [0.1, 0.15) is 0 Å². The van der Waals surface area contributed by atoms with E-state index in [0.29, 0.717) is 48.7 Å². The van der Waals surface area contributed by atoms with Gasteiger partial charge in [-0.15, -0.1) is 12.4 Å². The molecule has 10 rings (SSSR count). The van der Waals surface area contributed by atoms with Crippen LogP contribution in [0, 0.1) is 0 Å². The Kier molecular flexibility index (Phi) is 6.73. The number of aliphatic hydroxyl groups is 2. The molecular formula is C36H43ClN2O8. The fraction of sp³-hybridized carbons (Fsp3) is 0.611. The number of benzene rings is 2. The molecule has 4 heterocycles. The molecule has 0 unspecified atom stereocenters. The van der Waals surface area contributed by atoms with Crippen LogP contribution in [-0.2, 0) is 33.3 Å². The first-order valence-corrected chi connectivity index (χ1v) is 16.7. The molecule has 0 radical (unpaired) electrons. The molecule has 2 saturated heterocycles. The largest absolute Gasteiger partial charge is 0.493 e. The van der Waals surface area contributed by atoms with Crippen molar-refractivity contribution < 1.29 is 38.7 Å². The van der Waals surface area contributed by atoms with Gasteiger partial charge in [0.25, 0.3) is 0 Å². The van der Waals surface area contributed by atoms with Crippen molar-refractivity contribution in [2.24, 2.45) is 0 Å². The highest BCUT2D eigenvalue weighted by molar-refractivity contribution is 5.91. The Morgan fingerprint density at radius 2 is 1.11 bits per heavy atom. The minimum absolute atomic E-state index is 0. The number of nitrogens with zero attached hydrogens (tertiary/aromatic N) is 2. The zero-order chi connectivity index (χ0) is 32.0.